The number of nitrogens with two attached hydrogens (primary N) is 1. The molecule has 0 aliphatic heterocycles. The summed E-state index contributed by atoms with van der Waals surface area (Å²) in [6.07, 6.45) is 0. The Kier molecular flexibility index (Phi) is 7.02. The number of hydrogen-bond donors (Lipinski definition) is 1. The first-order chi connectivity index (χ1) is 9.79. The maximum atomic E-state index is 13.0. The highest BCUT2D eigenvalue weighted by atomic mass is 32.2. The Morgan fingerprint density at radius 3 is 2.29 bits per heavy atom. The fourth-order valence-corrected chi connectivity index (χ4v) is 2.89. The van der Waals surface area contributed by atoms with E-state index in [1.165, 1.54) is 23.9 Å². The second-order valence-corrected chi connectivity index (χ2v) is 7.07. The molecule has 1 aromatic carbocycles. The number of hydrogen-bond acceptors (Lipinski definition) is 3. The molecule has 0 saturated heterocycles. The van der Waals surface area contributed by atoms with Crippen LogP contribution >= 0.6 is 11.8 Å². The zero-order valence-corrected chi connectivity index (χ0v) is 14.0. The molecule has 0 unspecified atom stereocenters. The van der Waals surface area contributed by atoms with E-state index < -0.39 is 0 Å². The van der Waals surface area contributed by atoms with E-state index in [0.29, 0.717) is 23.3 Å². The van der Waals surface area contributed by atoms with Gasteiger partial charge in [-0.25, -0.2) is 4.39 Å². The van der Waals surface area contributed by atoms with Crippen LogP contribution in [0.25, 0.3) is 0 Å². The number of thioether (sulfide) groups is 1. The highest BCUT2D eigenvalue weighted by Crippen LogP contribution is 2.26. The Morgan fingerprint density at radius 1 is 1.24 bits per heavy atom. The van der Waals surface area contributed by atoms with E-state index in [4.69, 9.17) is 5.73 Å². The predicted molar refractivity (Wildman–Crippen MR) is 87.8 cm³/mol. The average Bonchev–Trinajstić information content (AvgIpc) is 2.35. The van der Waals surface area contributed by atoms with Crippen molar-refractivity contribution in [3.63, 3.8) is 0 Å². The molecule has 5 heteroatoms. The zero-order valence-electron chi connectivity index (χ0n) is 13.2. The number of benzene rings is 1. The minimum absolute atomic E-state index is 0.103. The molecule has 0 saturated carbocycles. The molecule has 0 spiro atoms. The van der Waals surface area contributed by atoms with Gasteiger partial charge >= 0.3 is 0 Å². The van der Waals surface area contributed by atoms with Crippen molar-refractivity contribution >= 4 is 23.4 Å². The van der Waals surface area contributed by atoms with Crippen molar-refractivity contribution in [1.29, 1.82) is 0 Å². The summed E-state index contributed by atoms with van der Waals surface area (Å²) in [4.78, 5) is 15.0. The van der Waals surface area contributed by atoms with Crippen LogP contribution < -0.4 is 5.73 Å². The molecule has 0 fully saturated rings. The lowest BCUT2D eigenvalue weighted by atomic mass is 10.1. The summed E-state index contributed by atoms with van der Waals surface area (Å²) in [6.45, 7) is 9.93. The topological polar surface area (TPSA) is 46.3 Å². The second-order valence-electron chi connectivity index (χ2n) is 6.06. The van der Waals surface area contributed by atoms with Gasteiger partial charge in [-0.3, -0.25) is 4.79 Å². The van der Waals surface area contributed by atoms with Gasteiger partial charge in [0.2, 0.25) is 5.91 Å². The van der Waals surface area contributed by atoms with E-state index in [9.17, 15) is 9.18 Å². The Morgan fingerprint density at radius 2 is 1.81 bits per heavy atom. The molecule has 3 nitrogen and oxygen atoms in total. The second kappa shape index (κ2) is 8.27. The van der Waals surface area contributed by atoms with Crippen LogP contribution in [0, 0.1) is 17.7 Å². The van der Waals surface area contributed by atoms with Crippen LogP contribution in [0.3, 0.4) is 0 Å². The molecule has 1 amide bonds. The molecule has 0 radical (unpaired) electrons. The minimum atomic E-state index is -0.357. The lowest BCUT2D eigenvalue weighted by molar-refractivity contribution is -0.129. The van der Waals surface area contributed by atoms with Gasteiger partial charge in [0, 0.05) is 23.7 Å². The lowest BCUT2D eigenvalue weighted by Gasteiger charge is -2.26. The van der Waals surface area contributed by atoms with Gasteiger partial charge in [-0.05, 0) is 30.0 Å². The van der Waals surface area contributed by atoms with Crippen molar-refractivity contribution in [2.45, 2.75) is 32.6 Å². The number of carbonyl (C=O) groups excluding carboxylic acids is 1. The highest BCUT2D eigenvalue weighted by molar-refractivity contribution is 8.00. The number of nitrogens with zero attached hydrogens (tertiary/aromatic N) is 1. The highest BCUT2D eigenvalue weighted by Gasteiger charge is 2.17. The largest absolute Gasteiger partial charge is 0.398 e. The Labute approximate surface area is 131 Å². The molecule has 0 aliphatic rings. The van der Waals surface area contributed by atoms with Crippen LogP contribution in [0.4, 0.5) is 10.1 Å². The summed E-state index contributed by atoms with van der Waals surface area (Å²) in [6, 6.07) is 4.27. The van der Waals surface area contributed by atoms with E-state index >= 15 is 0 Å². The number of carbonyl (C=O) groups is 1. The summed E-state index contributed by atoms with van der Waals surface area (Å²) in [5.41, 5.74) is 6.14. The third-order valence-electron chi connectivity index (χ3n) is 2.85. The Bertz CT molecular complexity index is 467. The number of halogens is 1. The normalized spacial score (nSPS) is 11.2. The molecular weight excluding hydrogens is 287 g/mol. The third kappa shape index (κ3) is 6.38. The van der Waals surface area contributed by atoms with Crippen molar-refractivity contribution in [1.82, 2.24) is 4.90 Å². The SMILES string of the molecule is CC(C)CN(CC(C)C)C(=O)CSc1ccc(F)cc1N. The number of rotatable bonds is 7. The molecule has 0 aliphatic carbocycles. The summed E-state index contributed by atoms with van der Waals surface area (Å²) < 4.78 is 13.0. The van der Waals surface area contributed by atoms with Gasteiger partial charge < -0.3 is 10.6 Å². The lowest BCUT2D eigenvalue weighted by Crippen LogP contribution is -2.38. The third-order valence-corrected chi connectivity index (χ3v) is 3.92. The van der Waals surface area contributed by atoms with Gasteiger partial charge in [-0.2, -0.15) is 0 Å². The maximum Gasteiger partial charge on any atom is 0.232 e. The summed E-state index contributed by atoms with van der Waals surface area (Å²) in [5, 5.41) is 0. The van der Waals surface area contributed by atoms with E-state index in [1.807, 2.05) is 4.90 Å². The summed E-state index contributed by atoms with van der Waals surface area (Å²) in [7, 11) is 0. The Hall–Kier alpha value is -1.23. The van der Waals surface area contributed by atoms with Crippen molar-refractivity contribution in [2.75, 3.05) is 24.6 Å². The van der Waals surface area contributed by atoms with Crippen LogP contribution in [0.15, 0.2) is 23.1 Å². The first-order valence-corrected chi connectivity index (χ1v) is 8.23. The van der Waals surface area contributed by atoms with Crippen molar-refractivity contribution in [3.8, 4) is 0 Å². The number of nitrogen functional groups attached to an aromatic ring is 1. The molecule has 118 valence electrons. The van der Waals surface area contributed by atoms with E-state index in [2.05, 4.69) is 27.7 Å². The van der Waals surface area contributed by atoms with E-state index in [-0.39, 0.29) is 11.7 Å². The quantitative estimate of drug-likeness (QED) is 0.617. The monoisotopic (exact) mass is 312 g/mol. The van der Waals surface area contributed by atoms with Crippen molar-refractivity contribution in [2.24, 2.45) is 11.8 Å². The van der Waals surface area contributed by atoms with Crippen LogP contribution in [-0.2, 0) is 4.79 Å². The molecule has 0 heterocycles. The summed E-state index contributed by atoms with van der Waals surface area (Å²) in [5.74, 6) is 0.952. The molecule has 1 rings (SSSR count). The molecule has 2 N–H and O–H groups in total. The van der Waals surface area contributed by atoms with E-state index in [0.717, 1.165) is 18.0 Å². The maximum absolute atomic E-state index is 13.0. The smallest absolute Gasteiger partial charge is 0.232 e. The van der Waals surface area contributed by atoms with Crippen molar-refractivity contribution < 1.29 is 9.18 Å². The van der Waals surface area contributed by atoms with Gasteiger partial charge in [-0.15, -0.1) is 11.8 Å². The minimum Gasteiger partial charge on any atom is -0.398 e. The fraction of sp³-hybridized carbons (Fsp3) is 0.562. The number of anilines is 1. The standard InChI is InChI=1S/C16H25FN2OS/c1-11(2)8-19(9-12(3)4)16(20)10-21-15-6-5-13(17)7-14(15)18/h5-7,11-12H,8-10,18H2,1-4H3. The predicted octanol–water partition coefficient (Wildman–Crippen LogP) is 3.64. The average molecular weight is 312 g/mol. The van der Waals surface area contributed by atoms with Crippen LogP contribution in [0.2, 0.25) is 0 Å². The first-order valence-electron chi connectivity index (χ1n) is 7.25. The fourth-order valence-electron chi connectivity index (χ4n) is 2.04. The first kappa shape index (κ1) is 17.8. The summed E-state index contributed by atoms with van der Waals surface area (Å²) >= 11 is 1.36. The Balaban J connectivity index is 2.64. The van der Waals surface area contributed by atoms with Crippen LogP contribution in [0.1, 0.15) is 27.7 Å². The molecule has 0 atom stereocenters. The zero-order chi connectivity index (χ0) is 16.0. The van der Waals surface area contributed by atoms with Gasteiger partial charge in [0.05, 0.1) is 5.75 Å². The van der Waals surface area contributed by atoms with E-state index in [1.54, 1.807) is 6.07 Å². The van der Waals surface area contributed by atoms with Crippen LogP contribution in [-0.4, -0.2) is 29.6 Å². The van der Waals surface area contributed by atoms with Gasteiger partial charge in [-0.1, -0.05) is 27.7 Å². The van der Waals surface area contributed by atoms with Gasteiger partial charge in [0.25, 0.3) is 0 Å². The van der Waals surface area contributed by atoms with Gasteiger partial charge in [0.15, 0.2) is 0 Å². The molecule has 21 heavy (non-hydrogen) atoms. The number of amides is 1. The molecule has 0 bridgehead atoms. The van der Waals surface area contributed by atoms with Crippen LogP contribution in [0.5, 0.6) is 0 Å². The molecule has 0 aromatic heterocycles. The van der Waals surface area contributed by atoms with Gasteiger partial charge in [0.1, 0.15) is 5.82 Å². The molecule has 1 aromatic rings. The van der Waals surface area contributed by atoms with Crippen molar-refractivity contribution in [3.05, 3.63) is 24.0 Å². The molecular formula is C16H25FN2OS.